The van der Waals surface area contributed by atoms with Gasteiger partial charge in [-0.1, -0.05) is 18.2 Å². The van der Waals surface area contributed by atoms with E-state index in [1.165, 1.54) is 6.33 Å². The molecule has 4 aromatic rings. The molecule has 0 aliphatic carbocycles. The number of rotatable bonds is 8. The van der Waals surface area contributed by atoms with Crippen molar-refractivity contribution in [1.82, 2.24) is 19.7 Å². The quantitative estimate of drug-likeness (QED) is 0.400. The second-order valence-corrected chi connectivity index (χ2v) is 9.25. The molecule has 8 nitrogen and oxygen atoms in total. The fraction of sp³-hybridized carbons (Fsp3) is 0.125. The highest BCUT2D eigenvalue weighted by molar-refractivity contribution is 7.88. The van der Waals surface area contributed by atoms with Crippen LogP contribution in [0.1, 0.15) is 11.1 Å². The lowest BCUT2D eigenvalue weighted by Gasteiger charge is -2.12. The molecule has 2 aromatic carbocycles. The Morgan fingerprint density at radius 1 is 1.09 bits per heavy atom. The van der Waals surface area contributed by atoms with E-state index in [0.717, 1.165) is 39.7 Å². The zero-order valence-corrected chi connectivity index (χ0v) is 19.0. The summed E-state index contributed by atoms with van der Waals surface area (Å²) in [5.74, 6) is 2.09. The summed E-state index contributed by atoms with van der Waals surface area (Å²) in [6.07, 6.45) is 9.62. The van der Waals surface area contributed by atoms with Crippen LogP contribution in [0.2, 0.25) is 0 Å². The molecule has 0 saturated heterocycles. The molecule has 0 atom stereocenters. The molecule has 0 saturated carbocycles. The molecule has 2 aromatic heterocycles. The molecular weight excluding hydrogens is 438 g/mol. The Morgan fingerprint density at radius 2 is 1.97 bits per heavy atom. The summed E-state index contributed by atoms with van der Waals surface area (Å²) in [5, 5.41) is 4.21. The highest BCUT2D eigenvalue weighted by Gasteiger charge is 2.08. The number of benzene rings is 2. The van der Waals surface area contributed by atoms with E-state index >= 15 is 0 Å². The third-order valence-electron chi connectivity index (χ3n) is 4.73. The molecule has 0 spiro atoms. The SMILES string of the molecule is Cc1cc(Nc2ncnc3ccc(C=CCNS(C)(=O)=O)cc23)ccc1Oc1cccnc1. The topological polar surface area (TPSA) is 106 Å². The fourth-order valence-electron chi connectivity index (χ4n) is 3.18. The van der Waals surface area contributed by atoms with E-state index in [0.29, 0.717) is 11.6 Å². The van der Waals surface area contributed by atoms with E-state index in [9.17, 15) is 8.42 Å². The number of fused-ring (bicyclic) bond motifs is 1. The van der Waals surface area contributed by atoms with Crippen molar-refractivity contribution in [3.8, 4) is 11.5 Å². The Morgan fingerprint density at radius 3 is 2.73 bits per heavy atom. The van der Waals surface area contributed by atoms with E-state index < -0.39 is 10.0 Å². The molecule has 4 rings (SSSR count). The Bertz CT molecular complexity index is 1410. The van der Waals surface area contributed by atoms with Gasteiger partial charge in [0.05, 0.1) is 18.0 Å². The number of nitrogens with zero attached hydrogens (tertiary/aromatic N) is 3. The predicted molar refractivity (Wildman–Crippen MR) is 130 cm³/mol. The minimum atomic E-state index is -3.22. The van der Waals surface area contributed by atoms with E-state index in [2.05, 4.69) is 25.0 Å². The first-order valence-electron chi connectivity index (χ1n) is 10.2. The first-order valence-corrected chi connectivity index (χ1v) is 12.1. The Labute approximate surface area is 192 Å². The molecule has 33 heavy (non-hydrogen) atoms. The maximum absolute atomic E-state index is 11.2. The van der Waals surface area contributed by atoms with E-state index in [-0.39, 0.29) is 6.54 Å². The van der Waals surface area contributed by atoms with Gasteiger partial charge in [-0.25, -0.2) is 23.1 Å². The number of hydrogen-bond donors (Lipinski definition) is 2. The zero-order valence-electron chi connectivity index (χ0n) is 18.2. The number of anilines is 2. The number of hydrogen-bond acceptors (Lipinski definition) is 7. The van der Waals surface area contributed by atoms with Crippen molar-refractivity contribution in [1.29, 1.82) is 0 Å². The van der Waals surface area contributed by atoms with Gasteiger partial charge in [0.25, 0.3) is 0 Å². The van der Waals surface area contributed by atoms with Gasteiger partial charge in [-0.05, 0) is 60.5 Å². The molecule has 168 valence electrons. The van der Waals surface area contributed by atoms with E-state index in [1.54, 1.807) is 18.5 Å². The average molecular weight is 462 g/mol. The average Bonchev–Trinajstić information content (AvgIpc) is 2.79. The Kier molecular flexibility index (Phi) is 6.62. The van der Waals surface area contributed by atoms with Gasteiger partial charge in [0.15, 0.2) is 0 Å². The van der Waals surface area contributed by atoms with Gasteiger partial charge < -0.3 is 10.1 Å². The molecule has 0 aliphatic rings. The van der Waals surface area contributed by atoms with Crippen LogP contribution in [0.5, 0.6) is 11.5 Å². The highest BCUT2D eigenvalue weighted by Crippen LogP contribution is 2.29. The molecule has 0 aliphatic heterocycles. The minimum absolute atomic E-state index is 0.222. The lowest BCUT2D eigenvalue weighted by atomic mass is 10.1. The molecule has 2 heterocycles. The standard InChI is InChI=1S/C24H23N5O3S/c1-17-13-19(8-10-23(17)32-20-6-4-11-25-15-20)29-24-21-14-18(5-3-12-28-33(2,30)31)7-9-22(21)26-16-27-24/h3-11,13-16,28H,12H2,1-2H3,(H,26,27,29). The second kappa shape index (κ2) is 9.76. The van der Waals surface area contributed by atoms with Crippen LogP contribution in [0.3, 0.4) is 0 Å². The lowest BCUT2D eigenvalue weighted by molar-refractivity contribution is 0.476. The minimum Gasteiger partial charge on any atom is -0.455 e. The van der Waals surface area contributed by atoms with Crippen molar-refractivity contribution in [2.75, 3.05) is 18.1 Å². The summed E-state index contributed by atoms with van der Waals surface area (Å²) in [7, 11) is -3.22. The van der Waals surface area contributed by atoms with Gasteiger partial charge >= 0.3 is 0 Å². The molecule has 2 N–H and O–H groups in total. The number of aromatic nitrogens is 3. The fourth-order valence-corrected chi connectivity index (χ4v) is 3.58. The molecule has 0 unspecified atom stereocenters. The number of nitrogens with one attached hydrogen (secondary N) is 2. The summed E-state index contributed by atoms with van der Waals surface area (Å²) < 4.78 is 30.7. The van der Waals surface area contributed by atoms with Gasteiger partial charge in [0, 0.05) is 23.8 Å². The number of ether oxygens (including phenoxy) is 1. The maximum Gasteiger partial charge on any atom is 0.208 e. The second-order valence-electron chi connectivity index (χ2n) is 7.42. The third-order valence-corrected chi connectivity index (χ3v) is 5.42. The smallest absolute Gasteiger partial charge is 0.208 e. The summed E-state index contributed by atoms with van der Waals surface area (Å²) in [4.78, 5) is 12.8. The van der Waals surface area contributed by atoms with E-state index in [4.69, 9.17) is 4.74 Å². The summed E-state index contributed by atoms with van der Waals surface area (Å²) in [6.45, 7) is 2.20. The maximum atomic E-state index is 11.2. The first kappa shape index (κ1) is 22.4. The van der Waals surface area contributed by atoms with Gasteiger partial charge in [-0.2, -0.15) is 0 Å². The highest BCUT2D eigenvalue weighted by atomic mass is 32.2. The molecule has 9 heteroatoms. The third kappa shape index (κ3) is 6.12. The van der Waals surface area contributed by atoms with Gasteiger partial charge in [0.2, 0.25) is 10.0 Å². The van der Waals surface area contributed by atoms with Gasteiger partial charge in [0.1, 0.15) is 23.6 Å². The Balaban J connectivity index is 1.54. The largest absolute Gasteiger partial charge is 0.455 e. The van der Waals surface area contributed by atoms with Crippen LogP contribution >= 0.6 is 0 Å². The number of pyridine rings is 1. The van der Waals surface area contributed by atoms with Crippen LogP contribution in [-0.4, -0.2) is 36.2 Å². The van der Waals surface area contributed by atoms with Crippen LogP contribution < -0.4 is 14.8 Å². The molecule has 0 bridgehead atoms. The number of aryl methyl sites for hydroxylation is 1. The predicted octanol–water partition coefficient (Wildman–Crippen LogP) is 4.43. The van der Waals surface area contributed by atoms with Crippen LogP contribution in [-0.2, 0) is 10.0 Å². The van der Waals surface area contributed by atoms with Crippen molar-refractivity contribution >= 4 is 38.5 Å². The first-order chi connectivity index (χ1) is 15.9. The monoisotopic (exact) mass is 461 g/mol. The summed E-state index contributed by atoms with van der Waals surface area (Å²) >= 11 is 0. The normalized spacial score (nSPS) is 11.7. The molecular formula is C24H23N5O3S. The van der Waals surface area contributed by atoms with Crippen LogP contribution in [0.4, 0.5) is 11.5 Å². The van der Waals surface area contributed by atoms with Crippen molar-refractivity contribution in [2.45, 2.75) is 6.92 Å². The molecule has 0 amide bonds. The van der Waals surface area contributed by atoms with Crippen molar-refractivity contribution in [3.05, 3.63) is 84.5 Å². The molecule has 0 fully saturated rings. The Hall–Kier alpha value is -3.82. The van der Waals surface area contributed by atoms with Crippen molar-refractivity contribution < 1.29 is 13.2 Å². The van der Waals surface area contributed by atoms with Crippen LogP contribution in [0, 0.1) is 6.92 Å². The molecule has 0 radical (unpaired) electrons. The van der Waals surface area contributed by atoms with E-state index in [1.807, 2.05) is 61.5 Å². The van der Waals surface area contributed by atoms with Crippen molar-refractivity contribution in [3.63, 3.8) is 0 Å². The summed E-state index contributed by atoms with van der Waals surface area (Å²) in [6, 6.07) is 15.3. The zero-order chi connectivity index (χ0) is 23.3. The van der Waals surface area contributed by atoms with Crippen molar-refractivity contribution in [2.24, 2.45) is 0 Å². The van der Waals surface area contributed by atoms with Crippen LogP contribution in [0.15, 0.2) is 73.3 Å². The van der Waals surface area contributed by atoms with Gasteiger partial charge in [-0.3, -0.25) is 4.98 Å². The van der Waals surface area contributed by atoms with Gasteiger partial charge in [-0.15, -0.1) is 0 Å². The summed E-state index contributed by atoms with van der Waals surface area (Å²) in [5.41, 5.74) is 3.53. The number of sulfonamides is 1. The lowest BCUT2D eigenvalue weighted by Crippen LogP contribution is -2.21. The van der Waals surface area contributed by atoms with Crippen LogP contribution in [0.25, 0.3) is 17.0 Å².